The molecule has 9 nitrogen and oxygen atoms in total. The maximum absolute atomic E-state index is 12.6. The van der Waals surface area contributed by atoms with Crippen LogP contribution in [0.4, 0.5) is 22.1 Å². The van der Waals surface area contributed by atoms with Gasteiger partial charge in [-0.05, 0) is 41.6 Å². The Bertz CT molecular complexity index is 1020. The van der Waals surface area contributed by atoms with Crippen LogP contribution in [-0.4, -0.2) is 22.0 Å². The highest BCUT2D eigenvalue weighted by Crippen LogP contribution is 2.38. The van der Waals surface area contributed by atoms with Crippen LogP contribution in [0.25, 0.3) is 6.08 Å². The number of fused-ring (bicyclic) bond motifs is 1. The number of carbonyl (C=O) groups excluding carboxylic acids is 3. The number of nitro groups is 1. The van der Waals surface area contributed by atoms with Crippen molar-refractivity contribution in [1.29, 1.82) is 0 Å². The van der Waals surface area contributed by atoms with Gasteiger partial charge >= 0.3 is 5.88 Å². The first-order valence-electron chi connectivity index (χ1n) is 7.37. The molecule has 1 aromatic heterocycles. The molecule has 1 fully saturated rings. The molecule has 3 amide bonds. The van der Waals surface area contributed by atoms with Crippen LogP contribution >= 0.6 is 11.8 Å². The van der Waals surface area contributed by atoms with E-state index in [1.807, 2.05) is 0 Å². The third-order valence-electron chi connectivity index (χ3n) is 3.83. The van der Waals surface area contributed by atoms with Crippen molar-refractivity contribution in [2.45, 2.75) is 6.42 Å². The number of thioether (sulfide) groups is 1. The summed E-state index contributed by atoms with van der Waals surface area (Å²) in [7, 11) is 0. The molecule has 26 heavy (non-hydrogen) atoms. The van der Waals surface area contributed by atoms with Gasteiger partial charge in [-0.25, -0.2) is 4.90 Å². The fourth-order valence-corrected chi connectivity index (χ4v) is 3.51. The van der Waals surface area contributed by atoms with Crippen molar-refractivity contribution in [1.82, 2.24) is 0 Å². The van der Waals surface area contributed by atoms with Crippen LogP contribution in [-0.2, 0) is 16.0 Å². The number of carbonyl (C=O) groups is 3. The molecule has 1 N–H and O–H groups in total. The van der Waals surface area contributed by atoms with Gasteiger partial charge in [-0.3, -0.25) is 24.5 Å². The Morgan fingerprint density at radius 1 is 1.23 bits per heavy atom. The molecule has 1 aromatic carbocycles. The van der Waals surface area contributed by atoms with Gasteiger partial charge in [0, 0.05) is 11.8 Å². The van der Waals surface area contributed by atoms with Crippen LogP contribution in [0.5, 0.6) is 0 Å². The highest BCUT2D eigenvalue weighted by molar-refractivity contribution is 8.19. The SMILES string of the molecule is O=C1Cc2cc(N3C(=O)S/C(=C\c4ccc([N+](=O)[O-])o4)C3=O)ccc2N1. The summed E-state index contributed by atoms with van der Waals surface area (Å²) in [4.78, 5) is 47.3. The standard InChI is InChI=1S/C16H9N3O6S/c20-13-6-8-5-9(1-3-11(8)17-13)18-15(21)12(26-16(18)22)7-10-2-4-14(25-10)19(23)24/h1-5,7H,6H2,(H,17,20)/b12-7-. The van der Waals surface area contributed by atoms with E-state index in [9.17, 15) is 24.5 Å². The Kier molecular flexibility index (Phi) is 3.62. The van der Waals surface area contributed by atoms with Gasteiger partial charge in [0.05, 0.1) is 23.1 Å². The summed E-state index contributed by atoms with van der Waals surface area (Å²) < 4.78 is 4.99. The summed E-state index contributed by atoms with van der Waals surface area (Å²) in [6.07, 6.45) is 1.47. The highest BCUT2D eigenvalue weighted by Gasteiger charge is 2.37. The van der Waals surface area contributed by atoms with Crippen molar-refractivity contribution in [3.05, 3.63) is 56.7 Å². The number of nitrogens with zero attached hydrogens (tertiary/aromatic N) is 2. The minimum atomic E-state index is -0.692. The second-order valence-electron chi connectivity index (χ2n) is 5.52. The molecular weight excluding hydrogens is 362 g/mol. The lowest BCUT2D eigenvalue weighted by atomic mass is 10.1. The first-order chi connectivity index (χ1) is 12.4. The first kappa shape index (κ1) is 16.1. The van der Waals surface area contributed by atoms with Gasteiger partial charge in [0.15, 0.2) is 0 Å². The molecule has 4 rings (SSSR count). The summed E-state index contributed by atoms with van der Waals surface area (Å²) in [6, 6.07) is 7.34. The van der Waals surface area contributed by atoms with Crippen molar-refractivity contribution >= 4 is 52.2 Å². The zero-order chi connectivity index (χ0) is 18.4. The van der Waals surface area contributed by atoms with E-state index in [0.29, 0.717) is 28.7 Å². The minimum Gasteiger partial charge on any atom is -0.401 e. The zero-order valence-electron chi connectivity index (χ0n) is 12.9. The average Bonchev–Trinajstić information content (AvgIpc) is 3.25. The van der Waals surface area contributed by atoms with Crippen LogP contribution in [0.3, 0.4) is 0 Å². The van der Waals surface area contributed by atoms with E-state index < -0.39 is 22.0 Å². The molecule has 2 aromatic rings. The summed E-state index contributed by atoms with van der Waals surface area (Å²) in [5.74, 6) is -1.06. The van der Waals surface area contributed by atoms with Gasteiger partial charge in [-0.2, -0.15) is 0 Å². The number of imide groups is 1. The molecule has 0 radical (unpaired) electrons. The second kappa shape index (κ2) is 5.85. The van der Waals surface area contributed by atoms with Crippen LogP contribution in [0.2, 0.25) is 0 Å². The molecule has 130 valence electrons. The fraction of sp³-hybridized carbons (Fsp3) is 0.0625. The van der Waals surface area contributed by atoms with Crippen molar-refractivity contribution in [2.24, 2.45) is 0 Å². The van der Waals surface area contributed by atoms with Gasteiger partial charge in [0.2, 0.25) is 5.91 Å². The lowest BCUT2D eigenvalue weighted by Gasteiger charge is -2.13. The number of hydrogen-bond acceptors (Lipinski definition) is 7. The molecule has 1 saturated heterocycles. The number of furan rings is 1. The van der Waals surface area contributed by atoms with Gasteiger partial charge in [-0.1, -0.05) is 0 Å². The van der Waals surface area contributed by atoms with E-state index in [4.69, 9.17) is 4.42 Å². The third kappa shape index (κ3) is 2.65. The van der Waals surface area contributed by atoms with E-state index in [1.54, 1.807) is 18.2 Å². The van der Waals surface area contributed by atoms with E-state index >= 15 is 0 Å². The van der Waals surface area contributed by atoms with Crippen molar-refractivity contribution in [2.75, 3.05) is 10.2 Å². The molecule has 0 atom stereocenters. The van der Waals surface area contributed by atoms with Crippen LogP contribution < -0.4 is 10.2 Å². The number of nitrogens with one attached hydrogen (secondary N) is 1. The van der Waals surface area contributed by atoms with E-state index in [2.05, 4.69) is 5.32 Å². The topological polar surface area (TPSA) is 123 Å². The third-order valence-corrected chi connectivity index (χ3v) is 4.70. The van der Waals surface area contributed by atoms with E-state index in [-0.39, 0.29) is 23.0 Å². The molecule has 0 spiro atoms. The molecule has 0 bridgehead atoms. The zero-order valence-corrected chi connectivity index (χ0v) is 13.7. The first-order valence-corrected chi connectivity index (χ1v) is 8.19. The molecule has 2 aliphatic heterocycles. The lowest BCUT2D eigenvalue weighted by molar-refractivity contribution is -0.402. The average molecular weight is 371 g/mol. The number of amides is 3. The Balaban J connectivity index is 1.63. The van der Waals surface area contributed by atoms with Gasteiger partial charge in [0.25, 0.3) is 11.1 Å². The van der Waals surface area contributed by atoms with Crippen molar-refractivity contribution < 1.29 is 23.7 Å². The maximum atomic E-state index is 12.6. The number of rotatable bonds is 3. The Morgan fingerprint density at radius 3 is 2.77 bits per heavy atom. The highest BCUT2D eigenvalue weighted by atomic mass is 32.2. The molecule has 2 aliphatic rings. The Hall–Kier alpha value is -3.40. The quantitative estimate of drug-likeness (QED) is 0.500. The maximum Gasteiger partial charge on any atom is 0.433 e. The summed E-state index contributed by atoms with van der Waals surface area (Å²) in [5.41, 5.74) is 1.72. The molecule has 0 aliphatic carbocycles. The van der Waals surface area contributed by atoms with E-state index in [1.165, 1.54) is 18.2 Å². The van der Waals surface area contributed by atoms with Gasteiger partial charge in [0.1, 0.15) is 10.7 Å². The lowest BCUT2D eigenvalue weighted by Crippen LogP contribution is -2.27. The fourth-order valence-electron chi connectivity index (χ4n) is 2.69. The molecule has 3 heterocycles. The number of hydrogen-bond donors (Lipinski definition) is 1. The molecule has 0 unspecified atom stereocenters. The molecule has 10 heteroatoms. The van der Waals surface area contributed by atoms with Crippen molar-refractivity contribution in [3.63, 3.8) is 0 Å². The predicted octanol–water partition coefficient (Wildman–Crippen LogP) is 2.92. The molecular formula is C16H9N3O6S. The van der Waals surface area contributed by atoms with E-state index in [0.717, 1.165) is 4.90 Å². The van der Waals surface area contributed by atoms with Crippen LogP contribution in [0.1, 0.15) is 11.3 Å². The minimum absolute atomic E-state index is 0.0916. The smallest absolute Gasteiger partial charge is 0.401 e. The predicted molar refractivity (Wildman–Crippen MR) is 92.6 cm³/mol. The number of benzene rings is 1. The van der Waals surface area contributed by atoms with Gasteiger partial charge in [-0.15, -0.1) is 0 Å². The largest absolute Gasteiger partial charge is 0.433 e. The molecule has 0 saturated carbocycles. The Labute approximate surface area is 149 Å². The normalized spacial score (nSPS) is 17.8. The van der Waals surface area contributed by atoms with Crippen molar-refractivity contribution in [3.8, 4) is 0 Å². The van der Waals surface area contributed by atoms with Gasteiger partial charge < -0.3 is 9.73 Å². The Morgan fingerprint density at radius 2 is 2.04 bits per heavy atom. The summed E-state index contributed by atoms with van der Waals surface area (Å²) in [5, 5.41) is 12.8. The summed E-state index contributed by atoms with van der Waals surface area (Å²) in [6.45, 7) is 0. The van der Waals surface area contributed by atoms with Crippen LogP contribution in [0, 0.1) is 10.1 Å². The summed E-state index contributed by atoms with van der Waals surface area (Å²) >= 11 is 0.709. The number of anilines is 2. The second-order valence-corrected chi connectivity index (χ2v) is 6.51. The monoisotopic (exact) mass is 371 g/mol. The van der Waals surface area contributed by atoms with Crippen LogP contribution in [0.15, 0.2) is 39.7 Å².